The molecule has 2 aromatic heterocycles. The van der Waals surface area contributed by atoms with Gasteiger partial charge in [-0.05, 0) is 28.1 Å². The maximum Gasteiger partial charge on any atom is 0.258 e. The third-order valence-electron chi connectivity index (χ3n) is 1.84. The number of amides is 1. The Bertz CT molecular complexity index is 514. The van der Waals surface area contributed by atoms with E-state index in [-0.39, 0.29) is 5.91 Å². The highest BCUT2D eigenvalue weighted by molar-refractivity contribution is 9.10. The molecule has 0 bridgehead atoms. The second kappa shape index (κ2) is 4.67. The van der Waals surface area contributed by atoms with Crippen LogP contribution < -0.4 is 5.32 Å². The fourth-order valence-corrected chi connectivity index (χ4v) is 1.54. The van der Waals surface area contributed by atoms with Gasteiger partial charge < -0.3 is 9.73 Å². The van der Waals surface area contributed by atoms with Crippen LogP contribution in [-0.4, -0.2) is 10.9 Å². The summed E-state index contributed by atoms with van der Waals surface area (Å²) < 4.78 is 5.43. The van der Waals surface area contributed by atoms with Crippen molar-refractivity contribution in [3.05, 3.63) is 46.0 Å². The van der Waals surface area contributed by atoms with Crippen LogP contribution >= 0.6 is 27.5 Å². The molecule has 0 unspecified atom stereocenters. The van der Waals surface area contributed by atoms with Gasteiger partial charge in [0.1, 0.15) is 11.4 Å². The Morgan fingerprint density at radius 2 is 2.38 bits per heavy atom. The SMILES string of the molecule is O=C(Nc1cnc(Cl)c(Br)c1)c1ccoc1. The van der Waals surface area contributed by atoms with Gasteiger partial charge in [-0.15, -0.1) is 0 Å². The Balaban J connectivity index is 2.15. The zero-order valence-electron chi connectivity index (χ0n) is 7.91. The monoisotopic (exact) mass is 300 g/mol. The molecule has 4 nitrogen and oxygen atoms in total. The van der Waals surface area contributed by atoms with Crippen LogP contribution in [0, 0.1) is 0 Å². The van der Waals surface area contributed by atoms with Crippen LogP contribution in [0.1, 0.15) is 10.4 Å². The molecule has 0 aromatic carbocycles. The van der Waals surface area contributed by atoms with E-state index in [0.29, 0.717) is 20.9 Å². The number of pyridine rings is 1. The summed E-state index contributed by atoms with van der Waals surface area (Å²) in [5.74, 6) is -0.259. The summed E-state index contributed by atoms with van der Waals surface area (Å²) in [6, 6.07) is 3.25. The average molecular weight is 302 g/mol. The molecule has 6 heteroatoms. The number of anilines is 1. The van der Waals surface area contributed by atoms with Crippen molar-refractivity contribution in [2.75, 3.05) is 5.32 Å². The quantitative estimate of drug-likeness (QED) is 0.866. The molecule has 0 aliphatic heterocycles. The Morgan fingerprint density at radius 1 is 1.56 bits per heavy atom. The lowest BCUT2D eigenvalue weighted by Crippen LogP contribution is -2.10. The van der Waals surface area contributed by atoms with E-state index in [9.17, 15) is 4.79 Å². The predicted octanol–water partition coefficient (Wildman–Crippen LogP) is 3.34. The Morgan fingerprint density at radius 3 is 3.00 bits per heavy atom. The fraction of sp³-hybridized carbons (Fsp3) is 0. The Labute approximate surface area is 105 Å². The molecule has 82 valence electrons. The maximum atomic E-state index is 11.6. The lowest BCUT2D eigenvalue weighted by atomic mass is 10.3. The van der Waals surface area contributed by atoms with E-state index in [2.05, 4.69) is 26.2 Å². The van der Waals surface area contributed by atoms with Gasteiger partial charge in [-0.25, -0.2) is 4.98 Å². The van der Waals surface area contributed by atoms with Gasteiger partial charge in [-0.2, -0.15) is 0 Å². The van der Waals surface area contributed by atoms with Gasteiger partial charge in [0.2, 0.25) is 0 Å². The molecule has 0 spiro atoms. The first-order valence-electron chi connectivity index (χ1n) is 4.31. The lowest BCUT2D eigenvalue weighted by molar-refractivity contribution is 0.102. The van der Waals surface area contributed by atoms with E-state index in [0.717, 1.165) is 0 Å². The highest BCUT2D eigenvalue weighted by Gasteiger charge is 2.08. The molecule has 0 saturated heterocycles. The number of carbonyl (C=O) groups excluding carboxylic acids is 1. The minimum atomic E-state index is -0.259. The zero-order chi connectivity index (χ0) is 11.5. The fourth-order valence-electron chi connectivity index (χ4n) is 1.09. The standard InChI is InChI=1S/C10H6BrClN2O2/c11-8-3-7(4-13-9(8)12)14-10(15)6-1-2-16-5-6/h1-5H,(H,14,15). The van der Waals surface area contributed by atoms with Crippen molar-refractivity contribution >= 4 is 39.1 Å². The van der Waals surface area contributed by atoms with Gasteiger partial charge in [0, 0.05) is 0 Å². The number of nitrogens with zero attached hydrogens (tertiary/aromatic N) is 1. The van der Waals surface area contributed by atoms with Crippen molar-refractivity contribution < 1.29 is 9.21 Å². The predicted molar refractivity (Wildman–Crippen MR) is 63.6 cm³/mol. The molecule has 2 aromatic rings. The van der Waals surface area contributed by atoms with E-state index in [1.54, 1.807) is 12.1 Å². The molecule has 0 radical (unpaired) electrons. The summed E-state index contributed by atoms with van der Waals surface area (Å²) in [5, 5.41) is 3.01. The van der Waals surface area contributed by atoms with Crippen molar-refractivity contribution in [3.63, 3.8) is 0 Å². The number of hydrogen-bond acceptors (Lipinski definition) is 3. The normalized spacial score (nSPS) is 10.1. The Hall–Kier alpha value is -1.33. The van der Waals surface area contributed by atoms with Crippen LogP contribution in [0.3, 0.4) is 0 Å². The highest BCUT2D eigenvalue weighted by Crippen LogP contribution is 2.23. The molecule has 2 rings (SSSR count). The molecule has 0 aliphatic rings. The third kappa shape index (κ3) is 2.43. The molecular formula is C10H6BrClN2O2. The van der Waals surface area contributed by atoms with Crippen molar-refractivity contribution in [1.82, 2.24) is 4.98 Å². The first-order valence-corrected chi connectivity index (χ1v) is 5.48. The Kier molecular flexibility index (Phi) is 3.26. The molecule has 0 aliphatic carbocycles. The van der Waals surface area contributed by atoms with Crippen LogP contribution in [-0.2, 0) is 0 Å². The van der Waals surface area contributed by atoms with E-state index < -0.39 is 0 Å². The van der Waals surface area contributed by atoms with E-state index >= 15 is 0 Å². The number of furan rings is 1. The third-order valence-corrected chi connectivity index (χ3v) is 2.97. The van der Waals surface area contributed by atoms with Gasteiger partial charge in [0.15, 0.2) is 0 Å². The molecule has 1 N–H and O–H groups in total. The van der Waals surface area contributed by atoms with Gasteiger partial charge in [0.05, 0.1) is 28.2 Å². The summed E-state index contributed by atoms with van der Waals surface area (Å²) in [6.45, 7) is 0. The van der Waals surface area contributed by atoms with E-state index in [1.807, 2.05) is 0 Å². The molecule has 0 atom stereocenters. The highest BCUT2D eigenvalue weighted by atomic mass is 79.9. The molecule has 16 heavy (non-hydrogen) atoms. The van der Waals surface area contributed by atoms with Gasteiger partial charge in [-0.1, -0.05) is 11.6 Å². The summed E-state index contributed by atoms with van der Waals surface area (Å²) in [7, 11) is 0. The summed E-state index contributed by atoms with van der Waals surface area (Å²) in [6.07, 6.45) is 4.28. The average Bonchev–Trinajstić information content (AvgIpc) is 2.77. The minimum absolute atomic E-state index is 0.259. The smallest absolute Gasteiger partial charge is 0.258 e. The largest absolute Gasteiger partial charge is 0.472 e. The topological polar surface area (TPSA) is 55.1 Å². The van der Waals surface area contributed by atoms with Crippen LogP contribution in [0.2, 0.25) is 5.15 Å². The second-order valence-electron chi connectivity index (χ2n) is 2.96. The van der Waals surface area contributed by atoms with Crippen LogP contribution in [0.5, 0.6) is 0 Å². The summed E-state index contributed by atoms with van der Waals surface area (Å²) in [4.78, 5) is 15.5. The maximum absolute atomic E-state index is 11.6. The number of aromatic nitrogens is 1. The van der Waals surface area contributed by atoms with Gasteiger partial charge in [-0.3, -0.25) is 4.79 Å². The molecule has 2 heterocycles. The molecule has 1 amide bonds. The van der Waals surface area contributed by atoms with Crippen LogP contribution in [0.15, 0.2) is 39.7 Å². The van der Waals surface area contributed by atoms with Crippen molar-refractivity contribution in [2.45, 2.75) is 0 Å². The first-order chi connectivity index (χ1) is 7.66. The lowest BCUT2D eigenvalue weighted by Gasteiger charge is -2.03. The molecule has 0 fully saturated rings. The second-order valence-corrected chi connectivity index (χ2v) is 4.18. The van der Waals surface area contributed by atoms with Crippen LogP contribution in [0.25, 0.3) is 0 Å². The van der Waals surface area contributed by atoms with Crippen molar-refractivity contribution in [1.29, 1.82) is 0 Å². The van der Waals surface area contributed by atoms with E-state index in [4.69, 9.17) is 16.0 Å². The van der Waals surface area contributed by atoms with Gasteiger partial charge in [0.25, 0.3) is 5.91 Å². The minimum Gasteiger partial charge on any atom is -0.472 e. The number of rotatable bonds is 2. The number of hydrogen-bond donors (Lipinski definition) is 1. The molecular weight excluding hydrogens is 295 g/mol. The first kappa shape index (κ1) is 11.2. The zero-order valence-corrected chi connectivity index (χ0v) is 10.2. The summed E-state index contributed by atoms with van der Waals surface area (Å²) >= 11 is 8.95. The van der Waals surface area contributed by atoms with Crippen molar-refractivity contribution in [2.24, 2.45) is 0 Å². The van der Waals surface area contributed by atoms with E-state index in [1.165, 1.54) is 18.7 Å². The number of nitrogens with one attached hydrogen (secondary N) is 1. The van der Waals surface area contributed by atoms with Gasteiger partial charge >= 0.3 is 0 Å². The number of carbonyl (C=O) groups is 1. The number of halogens is 2. The van der Waals surface area contributed by atoms with Crippen LogP contribution in [0.4, 0.5) is 5.69 Å². The molecule has 0 saturated carbocycles. The van der Waals surface area contributed by atoms with Crippen molar-refractivity contribution in [3.8, 4) is 0 Å². The summed E-state index contributed by atoms with van der Waals surface area (Å²) in [5.41, 5.74) is 1.01.